The van der Waals surface area contributed by atoms with E-state index in [4.69, 9.17) is 4.74 Å². The molecule has 2 bridgehead atoms. The Balaban J connectivity index is 1.37. The average molecular weight is 421 g/mol. The van der Waals surface area contributed by atoms with Crippen LogP contribution in [0.25, 0.3) is 0 Å². The van der Waals surface area contributed by atoms with Crippen molar-refractivity contribution in [2.45, 2.75) is 76.6 Å². The van der Waals surface area contributed by atoms with Crippen LogP contribution in [0.15, 0.2) is 23.0 Å². The summed E-state index contributed by atoms with van der Waals surface area (Å²) in [6, 6.07) is 7.75. The van der Waals surface area contributed by atoms with Gasteiger partial charge >= 0.3 is 5.69 Å². The lowest BCUT2D eigenvalue weighted by Gasteiger charge is -2.57. The molecule has 1 aromatic heterocycles. The lowest BCUT2D eigenvalue weighted by atomic mass is 9.66. The lowest BCUT2D eigenvalue weighted by molar-refractivity contribution is -0.127. The van der Waals surface area contributed by atoms with E-state index in [1.54, 1.807) is 0 Å². The molecule has 6 nitrogen and oxygen atoms in total. The first-order valence-corrected chi connectivity index (χ1v) is 11.7. The van der Waals surface area contributed by atoms with Gasteiger partial charge in [-0.1, -0.05) is 26.0 Å². The highest BCUT2D eigenvalue weighted by Crippen LogP contribution is 2.63. The van der Waals surface area contributed by atoms with Gasteiger partial charge in [-0.3, -0.25) is 0 Å². The van der Waals surface area contributed by atoms with Gasteiger partial charge in [0.25, 0.3) is 0 Å². The number of rotatable bonds is 4. The van der Waals surface area contributed by atoms with E-state index in [-0.39, 0.29) is 11.3 Å². The van der Waals surface area contributed by atoms with E-state index in [9.17, 15) is 4.79 Å². The molecule has 4 aliphatic rings. The molecule has 1 N–H and O–H groups in total. The van der Waals surface area contributed by atoms with E-state index in [1.165, 1.54) is 28.8 Å². The second kappa shape index (κ2) is 6.58. The normalized spacial score (nSPS) is 30.7. The van der Waals surface area contributed by atoms with Crippen molar-refractivity contribution in [2.75, 3.05) is 23.5 Å². The van der Waals surface area contributed by atoms with Gasteiger partial charge in [0.15, 0.2) is 0 Å². The number of nitrogens with one attached hydrogen (secondary N) is 1. The largest absolute Gasteiger partial charge is 0.378 e. The van der Waals surface area contributed by atoms with Crippen LogP contribution in [-0.2, 0) is 17.7 Å². The monoisotopic (exact) mass is 420 g/mol. The predicted molar refractivity (Wildman–Crippen MR) is 122 cm³/mol. The molecule has 3 fully saturated rings. The molecule has 1 aromatic carbocycles. The maximum absolute atomic E-state index is 12.5. The molecule has 0 amide bonds. The Labute approximate surface area is 183 Å². The first kappa shape index (κ1) is 19.4. The summed E-state index contributed by atoms with van der Waals surface area (Å²) in [7, 11) is 1.86. The third kappa shape index (κ3) is 2.67. The smallest absolute Gasteiger partial charge is 0.347 e. The topological polar surface area (TPSA) is 61.5 Å². The summed E-state index contributed by atoms with van der Waals surface area (Å²) >= 11 is 0. The van der Waals surface area contributed by atoms with E-state index in [0.29, 0.717) is 23.9 Å². The third-order valence-electron chi connectivity index (χ3n) is 8.52. The minimum absolute atomic E-state index is 0.0908. The molecule has 2 saturated carbocycles. The molecule has 164 valence electrons. The second-order valence-electron chi connectivity index (χ2n) is 10.3. The fraction of sp³-hybridized carbons (Fsp3) is 0.600. The first-order chi connectivity index (χ1) is 14.9. The van der Waals surface area contributed by atoms with Crippen molar-refractivity contribution >= 4 is 11.5 Å². The number of ether oxygens (including phenoxy) is 1. The predicted octanol–water partition coefficient (Wildman–Crippen LogP) is 3.52. The Morgan fingerprint density at radius 2 is 2.13 bits per heavy atom. The Hall–Kier alpha value is -2.34. The van der Waals surface area contributed by atoms with Crippen LogP contribution in [0.2, 0.25) is 0 Å². The highest BCUT2D eigenvalue weighted by molar-refractivity contribution is 5.61. The summed E-state index contributed by atoms with van der Waals surface area (Å²) in [4.78, 5) is 25.0. The third-order valence-corrected chi connectivity index (χ3v) is 8.52. The molecule has 0 radical (unpaired) electrons. The highest BCUT2D eigenvalue weighted by atomic mass is 16.5. The number of benzene rings is 1. The molecule has 4 atom stereocenters. The zero-order valence-electron chi connectivity index (χ0n) is 18.9. The molecule has 2 aliphatic heterocycles. The van der Waals surface area contributed by atoms with E-state index in [2.05, 4.69) is 58.7 Å². The molecular formula is C25H32N4O2. The Morgan fingerprint density at radius 3 is 2.84 bits per heavy atom. The number of aryl methyl sites for hydroxylation is 1. The van der Waals surface area contributed by atoms with Gasteiger partial charge in [-0.15, -0.1) is 0 Å². The maximum atomic E-state index is 12.5. The zero-order chi connectivity index (χ0) is 21.5. The van der Waals surface area contributed by atoms with Crippen LogP contribution in [0.5, 0.6) is 0 Å². The van der Waals surface area contributed by atoms with Gasteiger partial charge in [-0.05, 0) is 49.3 Å². The number of methoxy groups -OCH3 is 1. The summed E-state index contributed by atoms with van der Waals surface area (Å²) in [5.74, 6) is 2.02. The van der Waals surface area contributed by atoms with Crippen molar-refractivity contribution in [2.24, 2.45) is 5.92 Å². The van der Waals surface area contributed by atoms with Crippen LogP contribution >= 0.6 is 0 Å². The summed E-state index contributed by atoms with van der Waals surface area (Å²) in [6.45, 7) is 8.39. The molecule has 6 heteroatoms. The van der Waals surface area contributed by atoms with Gasteiger partial charge in [0.1, 0.15) is 5.82 Å². The minimum atomic E-state index is -0.208. The van der Waals surface area contributed by atoms with Crippen molar-refractivity contribution < 1.29 is 4.74 Å². The number of nitrogens with zero attached hydrogens (tertiary/aromatic N) is 3. The summed E-state index contributed by atoms with van der Waals surface area (Å²) in [5, 5.41) is 0. The van der Waals surface area contributed by atoms with Gasteiger partial charge in [-0.2, -0.15) is 4.98 Å². The van der Waals surface area contributed by atoms with E-state index in [0.717, 1.165) is 43.9 Å². The molecule has 1 saturated heterocycles. The number of hydrogen-bond acceptors (Lipinski definition) is 5. The van der Waals surface area contributed by atoms with Crippen molar-refractivity contribution in [1.29, 1.82) is 0 Å². The number of aromatic amines is 1. The van der Waals surface area contributed by atoms with E-state index >= 15 is 0 Å². The molecule has 0 spiro atoms. The van der Waals surface area contributed by atoms with Crippen LogP contribution in [0, 0.1) is 12.8 Å². The van der Waals surface area contributed by atoms with Gasteiger partial charge in [-0.25, -0.2) is 4.79 Å². The van der Waals surface area contributed by atoms with Crippen LogP contribution in [-0.4, -0.2) is 41.3 Å². The summed E-state index contributed by atoms with van der Waals surface area (Å²) in [5.41, 5.74) is 6.14. The van der Waals surface area contributed by atoms with Crippen molar-refractivity contribution in [1.82, 2.24) is 9.97 Å². The van der Waals surface area contributed by atoms with Crippen molar-refractivity contribution in [3.05, 3.63) is 51.1 Å². The molecule has 31 heavy (non-hydrogen) atoms. The Morgan fingerprint density at radius 1 is 1.29 bits per heavy atom. The van der Waals surface area contributed by atoms with Crippen LogP contribution in [0.1, 0.15) is 61.4 Å². The quantitative estimate of drug-likeness (QED) is 0.820. The zero-order valence-corrected chi connectivity index (χ0v) is 18.9. The number of fused-ring (bicyclic) bond motifs is 2. The van der Waals surface area contributed by atoms with Crippen molar-refractivity contribution in [3.63, 3.8) is 0 Å². The minimum Gasteiger partial charge on any atom is -0.378 e. The highest BCUT2D eigenvalue weighted by Gasteiger charge is 2.69. The lowest BCUT2D eigenvalue weighted by Crippen LogP contribution is -2.65. The van der Waals surface area contributed by atoms with Gasteiger partial charge in [0, 0.05) is 61.6 Å². The number of anilines is 2. The SMILES string of the molecule is CO[C@]12C[C@@H]3CC1[C@H](C2)N3c1nc(=O)[nH]c2c1CN(c1cc(C(C)C)ccc1C)CC2. The van der Waals surface area contributed by atoms with Crippen molar-refractivity contribution in [3.8, 4) is 0 Å². The average Bonchev–Trinajstić information content (AvgIpc) is 3.20. The Kier molecular flexibility index (Phi) is 4.11. The van der Waals surface area contributed by atoms with E-state index < -0.39 is 0 Å². The molecular weight excluding hydrogens is 388 g/mol. The number of hydrogen-bond donors (Lipinski definition) is 1. The number of H-pyrrole nitrogens is 1. The van der Waals surface area contributed by atoms with Gasteiger partial charge < -0.3 is 19.5 Å². The fourth-order valence-electron chi connectivity index (χ4n) is 6.82. The standard InChI is InChI=1S/C25H32N4O2/c1-14(2)16-6-5-15(3)21(9-16)28-8-7-20-18(13-28)23(27-24(30)26-20)29-17-10-19-22(29)12-25(19,11-17)31-4/h5-6,9,14,17,19,22H,7-8,10-13H2,1-4H3,(H,26,27,30)/t17-,19?,22-,25-/m0/s1. The molecule has 2 aromatic rings. The van der Waals surface area contributed by atoms with Crippen LogP contribution in [0.4, 0.5) is 11.5 Å². The second-order valence-corrected chi connectivity index (χ2v) is 10.3. The Bertz CT molecular complexity index is 1110. The van der Waals surface area contributed by atoms with Crippen LogP contribution < -0.4 is 15.5 Å². The fourth-order valence-corrected chi connectivity index (χ4v) is 6.82. The summed E-state index contributed by atoms with van der Waals surface area (Å²) in [6.07, 6.45) is 4.14. The van der Waals surface area contributed by atoms with Gasteiger partial charge in [0.2, 0.25) is 0 Å². The molecule has 6 rings (SSSR count). The first-order valence-electron chi connectivity index (χ1n) is 11.7. The molecule has 1 unspecified atom stereocenters. The maximum Gasteiger partial charge on any atom is 0.347 e. The molecule has 3 heterocycles. The van der Waals surface area contributed by atoms with Crippen LogP contribution in [0.3, 0.4) is 0 Å². The molecule has 2 aliphatic carbocycles. The number of piperidine rings is 2. The van der Waals surface area contributed by atoms with Gasteiger partial charge in [0.05, 0.1) is 5.60 Å². The summed E-state index contributed by atoms with van der Waals surface area (Å²) < 4.78 is 5.91. The number of aromatic nitrogens is 2. The van der Waals surface area contributed by atoms with E-state index in [1.807, 2.05) is 7.11 Å².